The minimum absolute atomic E-state index is 0.175. The first-order valence-electron chi connectivity index (χ1n) is 8.66. The normalized spacial score (nSPS) is 15.3. The number of nitrogens with one attached hydrogen (secondary N) is 2. The molecule has 1 fully saturated rings. The summed E-state index contributed by atoms with van der Waals surface area (Å²) in [5.74, 6) is 0. The van der Waals surface area contributed by atoms with Crippen molar-refractivity contribution in [3.8, 4) is 0 Å². The van der Waals surface area contributed by atoms with Crippen molar-refractivity contribution >= 4 is 54.6 Å². The fourth-order valence-corrected chi connectivity index (χ4v) is 5.48. The van der Waals surface area contributed by atoms with E-state index in [0.717, 1.165) is 4.47 Å². The van der Waals surface area contributed by atoms with E-state index in [0.29, 0.717) is 34.8 Å². The van der Waals surface area contributed by atoms with Crippen molar-refractivity contribution in [2.24, 2.45) is 7.05 Å². The van der Waals surface area contributed by atoms with Crippen LogP contribution in [0.25, 0.3) is 0 Å². The Morgan fingerprint density at radius 2 is 2.00 bits per heavy atom. The van der Waals surface area contributed by atoms with Gasteiger partial charge in [0.2, 0.25) is 10.0 Å². The summed E-state index contributed by atoms with van der Waals surface area (Å²) in [5.41, 5.74) is 1.24. The molecular weight excluding hydrogens is 470 g/mol. The average Bonchev–Trinajstić information content (AvgIpc) is 3.40. The highest BCUT2D eigenvalue weighted by Crippen LogP contribution is 2.47. The molecule has 3 rings (SSSR count). The maximum absolute atomic E-state index is 12.9. The fraction of sp³-hybridized carbons (Fsp3) is 0.389. The maximum atomic E-state index is 12.9. The number of rotatable bonds is 7. The Balaban J connectivity index is 2.05. The van der Waals surface area contributed by atoms with Crippen molar-refractivity contribution < 1.29 is 13.5 Å². The van der Waals surface area contributed by atoms with Gasteiger partial charge in [-0.1, -0.05) is 27.5 Å². The molecule has 7 nitrogen and oxygen atoms in total. The zero-order valence-electron chi connectivity index (χ0n) is 15.4. The van der Waals surface area contributed by atoms with E-state index in [1.807, 2.05) is 0 Å². The van der Waals surface area contributed by atoms with Crippen molar-refractivity contribution in [3.63, 3.8) is 0 Å². The molecule has 152 valence electrons. The smallest absolute Gasteiger partial charge is 0.255 e. The number of sulfonamides is 1. The van der Waals surface area contributed by atoms with Gasteiger partial charge in [0.15, 0.2) is 0 Å². The highest BCUT2D eigenvalue weighted by Gasteiger charge is 2.54. The molecule has 0 atom stereocenters. The Labute approximate surface area is 176 Å². The molecule has 0 amide bonds. The predicted octanol–water partition coefficient (Wildman–Crippen LogP) is 3.51. The van der Waals surface area contributed by atoms with Crippen molar-refractivity contribution in [1.29, 1.82) is 0 Å². The lowest BCUT2D eigenvalue weighted by atomic mass is 10.2. The molecule has 10 heteroatoms. The summed E-state index contributed by atoms with van der Waals surface area (Å²) in [7, 11) is -2.19. The Morgan fingerprint density at radius 1 is 1.32 bits per heavy atom. The van der Waals surface area contributed by atoms with Crippen molar-refractivity contribution in [3.05, 3.63) is 49.8 Å². The van der Waals surface area contributed by atoms with Crippen LogP contribution in [0.4, 0.5) is 17.1 Å². The van der Waals surface area contributed by atoms with Crippen LogP contribution in [-0.2, 0) is 17.1 Å². The minimum Gasteiger partial charge on any atom is -0.396 e. The van der Waals surface area contributed by atoms with Gasteiger partial charge in [0.1, 0.15) is 0 Å². The zero-order valence-corrected chi connectivity index (χ0v) is 18.6. The van der Waals surface area contributed by atoms with Gasteiger partial charge in [-0.15, -0.1) is 0 Å². The molecule has 0 unspecified atom stereocenters. The fourth-order valence-electron chi connectivity index (χ4n) is 3.10. The zero-order chi connectivity index (χ0) is 20.7. The van der Waals surface area contributed by atoms with Crippen LogP contribution in [0.15, 0.2) is 33.7 Å². The van der Waals surface area contributed by atoms with E-state index in [1.54, 1.807) is 32.2 Å². The number of hydrogen-bond acceptors (Lipinski definition) is 5. The standard InChI is InChI=1S/C18H21BrClN3O4S/c1-11-16(21-14-4-3-12(19)9-13(14)20)15(10-23(2)17(11)25)22-28(26,27)18(5-6-18)7-8-24/h3-4,9-10,21-22,24H,5-8H2,1-2H3. The number of halogens is 2. The van der Waals surface area contributed by atoms with Gasteiger partial charge in [-0.2, -0.15) is 0 Å². The van der Waals surface area contributed by atoms with Crippen LogP contribution >= 0.6 is 27.5 Å². The summed E-state index contributed by atoms with van der Waals surface area (Å²) in [5, 5.41) is 12.7. The van der Waals surface area contributed by atoms with E-state index in [4.69, 9.17) is 11.6 Å². The molecule has 0 saturated heterocycles. The first-order chi connectivity index (χ1) is 13.1. The number of benzene rings is 1. The molecule has 0 bridgehead atoms. The number of nitrogens with zero attached hydrogens (tertiary/aromatic N) is 1. The van der Waals surface area contributed by atoms with Gasteiger partial charge < -0.3 is 15.0 Å². The molecule has 1 aliphatic carbocycles. The Bertz CT molecular complexity index is 1080. The second kappa shape index (κ2) is 7.70. The second-order valence-electron chi connectivity index (χ2n) is 6.97. The molecule has 2 aromatic rings. The van der Waals surface area contributed by atoms with E-state index in [9.17, 15) is 18.3 Å². The lowest BCUT2D eigenvalue weighted by molar-refractivity contribution is 0.283. The maximum Gasteiger partial charge on any atom is 0.255 e. The van der Waals surface area contributed by atoms with Gasteiger partial charge >= 0.3 is 0 Å². The van der Waals surface area contributed by atoms with Crippen molar-refractivity contribution in [2.45, 2.75) is 30.9 Å². The molecule has 1 aromatic heterocycles. The third-order valence-electron chi connectivity index (χ3n) is 4.99. The molecule has 0 spiro atoms. The Hall–Kier alpha value is -1.55. The molecule has 0 aliphatic heterocycles. The number of hydrogen-bond donors (Lipinski definition) is 3. The van der Waals surface area contributed by atoms with Crippen LogP contribution < -0.4 is 15.6 Å². The molecule has 1 saturated carbocycles. The predicted molar refractivity (Wildman–Crippen MR) is 115 cm³/mol. The van der Waals surface area contributed by atoms with Crippen LogP contribution in [0.1, 0.15) is 24.8 Å². The number of aliphatic hydroxyl groups excluding tert-OH is 1. The van der Waals surface area contributed by atoms with Crippen LogP contribution in [0.5, 0.6) is 0 Å². The molecular formula is C18H21BrClN3O4S. The average molecular weight is 491 g/mol. The summed E-state index contributed by atoms with van der Waals surface area (Å²) in [6.07, 6.45) is 2.61. The van der Waals surface area contributed by atoms with E-state index in [1.165, 1.54) is 10.8 Å². The van der Waals surface area contributed by atoms with E-state index in [-0.39, 0.29) is 24.3 Å². The third kappa shape index (κ3) is 3.94. The minimum atomic E-state index is -3.75. The summed E-state index contributed by atoms with van der Waals surface area (Å²) in [4.78, 5) is 12.4. The molecule has 1 aliphatic rings. The number of anilines is 3. The summed E-state index contributed by atoms with van der Waals surface area (Å²) >= 11 is 9.61. The highest BCUT2D eigenvalue weighted by atomic mass is 79.9. The number of aryl methyl sites for hydroxylation is 1. The molecule has 1 aromatic carbocycles. The summed E-state index contributed by atoms with van der Waals surface area (Å²) in [6.45, 7) is 1.42. The van der Waals surface area contributed by atoms with E-state index < -0.39 is 14.8 Å². The van der Waals surface area contributed by atoms with Crippen LogP contribution in [0, 0.1) is 6.92 Å². The quantitative estimate of drug-likeness (QED) is 0.551. The third-order valence-corrected chi connectivity index (χ3v) is 8.04. The summed E-state index contributed by atoms with van der Waals surface area (Å²) in [6, 6.07) is 5.22. The lowest BCUT2D eigenvalue weighted by Gasteiger charge is -2.21. The lowest BCUT2D eigenvalue weighted by Crippen LogP contribution is -2.32. The summed E-state index contributed by atoms with van der Waals surface area (Å²) < 4.78 is 29.6. The van der Waals surface area contributed by atoms with Gasteiger partial charge in [-0.05, 0) is 44.4 Å². The largest absolute Gasteiger partial charge is 0.396 e. The number of aliphatic hydroxyl groups is 1. The first-order valence-corrected chi connectivity index (χ1v) is 11.3. The molecule has 3 N–H and O–H groups in total. The monoisotopic (exact) mass is 489 g/mol. The van der Waals surface area contributed by atoms with Crippen molar-refractivity contribution in [2.75, 3.05) is 16.6 Å². The van der Waals surface area contributed by atoms with Gasteiger partial charge in [-0.3, -0.25) is 9.52 Å². The number of pyridine rings is 1. The van der Waals surface area contributed by atoms with Crippen molar-refractivity contribution in [1.82, 2.24) is 4.57 Å². The van der Waals surface area contributed by atoms with Crippen LogP contribution in [0.3, 0.4) is 0 Å². The second-order valence-corrected chi connectivity index (χ2v) is 10.4. The van der Waals surface area contributed by atoms with Gasteiger partial charge in [0.25, 0.3) is 5.56 Å². The topological polar surface area (TPSA) is 100 Å². The highest BCUT2D eigenvalue weighted by molar-refractivity contribution is 9.10. The van der Waals surface area contributed by atoms with E-state index >= 15 is 0 Å². The first kappa shape index (κ1) is 21.2. The van der Waals surface area contributed by atoms with E-state index in [2.05, 4.69) is 26.0 Å². The molecule has 1 heterocycles. The number of aromatic nitrogens is 1. The van der Waals surface area contributed by atoms with Gasteiger partial charge in [0, 0.05) is 29.9 Å². The Morgan fingerprint density at radius 3 is 2.57 bits per heavy atom. The molecule has 28 heavy (non-hydrogen) atoms. The van der Waals surface area contributed by atoms with Crippen LogP contribution in [0.2, 0.25) is 5.02 Å². The van der Waals surface area contributed by atoms with Crippen LogP contribution in [-0.4, -0.2) is 29.4 Å². The molecule has 0 radical (unpaired) electrons. The van der Waals surface area contributed by atoms with Gasteiger partial charge in [-0.25, -0.2) is 8.42 Å². The van der Waals surface area contributed by atoms with Gasteiger partial charge in [0.05, 0.1) is 26.8 Å². The Kier molecular flexibility index (Phi) is 5.82. The SMILES string of the molecule is Cc1c(Nc2ccc(Br)cc2Cl)c(NS(=O)(=O)C2(CCO)CC2)cn(C)c1=O.